The molecule has 1 saturated carbocycles. The van der Waals surface area contributed by atoms with Crippen LogP contribution in [0.25, 0.3) is 0 Å². The SMILES string of the molecule is CCC1CCC(C(NC)C2CSCCO2)CC1. The van der Waals surface area contributed by atoms with Gasteiger partial charge in [0.2, 0.25) is 0 Å². The van der Waals surface area contributed by atoms with Gasteiger partial charge in [0.1, 0.15) is 0 Å². The zero-order valence-corrected chi connectivity index (χ0v) is 12.1. The number of rotatable bonds is 4. The molecule has 2 fully saturated rings. The van der Waals surface area contributed by atoms with Gasteiger partial charge in [-0.05, 0) is 31.7 Å². The number of nitrogens with one attached hydrogen (secondary N) is 1. The minimum absolute atomic E-state index is 0.446. The Morgan fingerprint density at radius 1 is 1.29 bits per heavy atom. The Hall–Kier alpha value is 0.270. The van der Waals surface area contributed by atoms with Crippen molar-refractivity contribution in [3.8, 4) is 0 Å². The van der Waals surface area contributed by atoms with Gasteiger partial charge < -0.3 is 10.1 Å². The van der Waals surface area contributed by atoms with Crippen LogP contribution in [0, 0.1) is 11.8 Å². The molecule has 0 spiro atoms. The van der Waals surface area contributed by atoms with Crippen molar-refractivity contribution in [3.05, 3.63) is 0 Å². The summed E-state index contributed by atoms with van der Waals surface area (Å²) in [5.74, 6) is 4.19. The molecule has 1 saturated heterocycles. The van der Waals surface area contributed by atoms with Gasteiger partial charge in [-0.2, -0.15) is 11.8 Å². The molecule has 0 amide bonds. The van der Waals surface area contributed by atoms with Gasteiger partial charge in [-0.15, -0.1) is 0 Å². The lowest BCUT2D eigenvalue weighted by atomic mass is 9.76. The highest BCUT2D eigenvalue weighted by atomic mass is 32.2. The lowest BCUT2D eigenvalue weighted by molar-refractivity contribution is 0.0228. The van der Waals surface area contributed by atoms with E-state index in [0.29, 0.717) is 12.1 Å². The first-order valence-corrected chi connectivity index (χ1v) is 8.37. The van der Waals surface area contributed by atoms with Crippen molar-refractivity contribution >= 4 is 11.8 Å². The van der Waals surface area contributed by atoms with Crippen molar-refractivity contribution in [1.82, 2.24) is 5.32 Å². The van der Waals surface area contributed by atoms with E-state index in [1.54, 1.807) is 0 Å². The van der Waals surface area contributed by atoms with Crippen molar-refractivity contribution < 1.29 is 4.74 Å². The molecule has 0 radical (unpaired) electrons. The molecule has 2 aliphatic rings. The lowest BCUT2D eigenvalue weighted by Crippen LogP contribution is -2.48. The average molecular weight is 257 g/mol. The Balaban J connectivity index is 1.85. The first kappa shape index (κ1) is 13.7. The molecule has 0 aromatic rings. The van der Waals surface area contributed by atoms with Crippen molar-refractivity contribution in [3.63, 3.8) is 0 Å². The van der Waals surface area contributed by atoms with Crippen LogP contribution in [0.5, 0.6) is 0 Å². The Morgan fingerprint density at radius 3 is 2.59 bits per heavy atom. The van der Waals surface area contributed by atoms with Crippen LogP contribution in [-0.2, 0) is 4.74 Å². The summed E-state index contributed by atoms with van der Waals surface area (Å²) in [5, 5.41) is 3.54. The molecule has 17 heavy (non-hydrogen) atoms. The van der Waals surface area contributed by atoms with Crippen LogP contribution in [-0.4, -0.2) is 37.3 Å². The molecule has 1 aliphatic heterocycles. The second kappa shape index (κ2) is 7.01. The largest absolute Gasteiger partial charge is 0.375 e. The van der Waals surface area contributed by atoms with E-state index in [1.807, 2.05) is 0 Å². The Morgan fingerprint density at radius 2 is 2.06 bits per heavy atom. The zero-order chi connectivity index (χ0) is 12.1. The van der Waals surface area contributed by atoms with E-state index in [9.17, 15) is 0 Å². The molecule has 0 aromatic carbocycles. The average Bonchev–Trinajstić information content (AvgIpc) is 2.42. The van der Waals surface area contributed by atoms with E-state index >= 15 is 0 Å². The summed E-state index contributed by atoms with van der Waals surface area (Å²) in [6, 6.07) is 0.584. The van der Waals surface area contributed by atoms with Gasteiger partial charge in [0.25, 0.3) is 0 Å². The van der Waals surface area contributed by atoms with E-state index in [0.717, 1.165) is 18.4 Å². The number of likely N-dealkylation sites (N-methyl/N-ethyl adjacent to an activating group) is 1. The topological polar surface area (TPSA) is 21.3 Å². The monoisotopic (exact) mass is 257 g/mol. The Labute approximate surface area is 110 Å². The molecule has 1 aliphatic carbocycles. The van der Waals surface area contributed by atoms with E-state index in [-0.39, 0.29) is 0 Å². The minimum atomic E-state index is 0.446. The first-order chi connectivity index (χ1) is 8.35. The van der Waals surface area contributed by atoms with Crippen LogP contribution < -0.4 is 5.32 Å². The quantitative estimate of drug-likeness (QED) is 0.837. The maximum Gasteiger partial charge on any atom is 0.0821 e. The van der Waals surface area contributed by atoms with E-state index < -0.39 is 0 Å². The predicted molar refractivity (Wildman–Crippen MR) is 75.7 cm³/mol. The summed E-state index contributed by atoms with van der Waals surface area (Å²) in [6.45, 7) is 3.28. The summed E-state index contributed by atoms with van der Waals surface area (Å²) in [6.07, 6.45) is 7.47. The van der Waals surface area contributed by atoms with Crippen LogP contribution in [0.2, 0.25) is 0 Å². The summed E-state index contributed by atoms with van der Waals surface area (Å²) in [4.78, 5) is 0. The molecule has 3 heteroatoms. The van der Waals surface area contributed by atoms with E-state index in [1.165, 1.54) is 43.6 Å². The van der Waals surface area contributed by atoms with Gasteiger partial charge in [-0.3, -0.25) is 0 Å². The maximum absolute atomic E-state index is 5.95. The molecule has 2 nitrogen and oxygen atoms in total. The van der Waals surface area contributed by atoms with Gasteiger partial charge in [0.05, 0.1) is 12.7 Å². The fourth-order valence-corrected chi connectivity index (χ4v) is 4.31. The highest BCUT2D eigenvalue weighted by Crippen LogP contribution is 2.34. The molecule has 1 heterocycles. The second-order valence-corrected chi connectivity index (χ2v) is 6.64. The standard InChI is InChI=1S/C14H27NOS/c1-3-11-4-6-12(7-5-11)14(15-2)13-10-17-9-8-16-13/h11-15H,3-10H2,1-2H3. The molecule has 0 aromatic heterocycles. The molecule has 2 unspecified atom stereocenters. The number of hydrogen-bond acceptors (Lipinski definition) is 3. The summed E-state index contributed by atoms with van der Waals surface area (Å²) in [7, 11) is 2.11. The van der Waals surface area contributed by atoms with Crippen molar-refractivity contribution in [2.45, 2.75) is 51.2 Å². The van der Waals surface area contributed by atoms with Gasteiger partial charge in [-0.25, -0.2) is 0 Å². The molecular weight excluding hydrogens is 230 g/mol. The van der Waals surface area contributed by atoms with E-state index in [4.69, 9.17) is 4.74 Å². The third-order valence-corrected chi connectivity index (χ3v) is 5.57. The van der Waals surface area contributed by atoms with Crippen LogP contribution in [0.4, 0.5) is 0 Å². The summed E-state index contributed by atoms with van der Waals surface area (Å²) < 4.78 is 5.95. The molecule has 2 rings (SSSR count). The third-order valence-electron chi connectivity index (χ3n) is 4.55. The highest BCUT2D eigenvalue weighted by molar-refractivity contribution is 7.99. The fourth-order valence-electron chi connectivity index (χ4n) is 3.39. The Kier molecular flexibility index (Phi) is 5.64. The number of ether oxygens (including phenoxy) is 1. The molecule has 0 bridgehead atoms. The second-order valence-electron chi connectivity index (χ2n) is 5.49. The van der Waals surface area contributed by atoms with Crippen LogP contribution in [0.3, 0.4) is 0 Å². The van der Waals surface area contributed by atoms with Gasteiger partial charge in [0.15, 0.2) is 0 Å². The smallest absolute Gasteiger partial charge is 0.0821 e. The molecular formula is C14H27NOS. The predicted octanol–water partition coefficient (Wildman–Crippen LogP) is 2.92. The van der Waals surface area contributed by atoms with Gasteiger partial charge >= 0.3 is 0 Å². The number of thioether (sulfide) groups is 1. The highest BCUT2D eigenvalue weighted by Gasteiger charge is 2.32. The van der Waals surface area contributed by atoms with Crippen LogP contribution in [0.15, 0.2) is 0 Å². The van der Waals surface area contributed by atoms with Crippen LogP contribution >= 0.6 is 11.8 Å². The van der Waals surface area contributed by atoms with E-state index in [2.05, 4.69) is 31.1 Å². The summed E-state index contributed by atoms with van der Waals surface area (Å²) >= 11 is 2.05. The molecule has 100 valence electrons. The van der Waals surface area contributed by atoms with Gasteiger partial charge in [-0.1, -0.05) is 26.2 Å². The lowest BCUT2D eigenvalue weighted by Gasteiger charge is -2.38. The van der Waals surface area contributed by atoms with Gasteiger partial charge in [0, 0.05) is 17.5 Å². The Bertz CT molecular complexity index is 210. The third kappa shape index (κ3) is 3.62. The molecule has 1 N–H and O–H groups in total. The fraction of sp³-hybridized carbons (Fsp3) is 1.00. The zero-order valence-electron chi connectivity index (χ0n) is 11.3. The number of hydrogen-bond donors (Lipinski definition) is 1. The minimum Gasteiger partial charge on any atom is -0.375 e. The summed E-state index contributed by atoms with van der Waals surface area (Å²) in [5.41, 5.74) is 0. The maximum atomic E-state index is 5.95. The van der Waals surface area contributed by atoms with Crippen molar-refractivity contribution in [1.29, 1.82) is 0 Å². The van der Waals surface area contributed by atoms with Crippen LogP contribution in [0.1, 0.15) is 39.0 Å². The van der Waals surface area contributed by atoms with Crippen molar-refractivity contribution in [2.75, 3.05) is 25.2 Å². The first-order valence-electron chi connectivity index (χ1n) is 7.21. The van der Waals surface area contributed by atoms with Crippen molar-refractivity contribution in [2.24, 2.45) is 11.8 Å². The molecule has 2 atom stereocenters. The normalized spacial score (nSPS) is 36.7.